The number of phenolic OH excluding ortho intramolecular Hbond substituents is 1. The van der Waals surface area contributed by atoms with Gasteiger partial charge in [0.2, 0.25) is 0 Å². The number of aryl methyl sites for hydroxylation is 1. The van der Waals surface area contributed by atoms with Gasteiger partial charge >= 0.3 is 0 Å². The molecule has 0 fully saturated rings. The molecule has 0 bridgehead atoms. The Morgan fingerprint density at radius 2 is 2.15 bits per heavy atom. The summed E-state index contributed by atoms with van der Waals surface area (Å²) < 4.78 is 0. The van der Waals surface area contributed by atoms with Crippen LogP contribution in [0.2, 0.25) is 0 Å². The van der Waals surface area contributed by atoms with Crippen molar-refractivity contribution in [3.8, 4) is 5.75 Å². The topological polar surface area (TPSA) is 52.5 Å². The van der Waals surface area contributed by atoms with E-state index < -0.39 is 5.60 Å². The smallest absolute Gasteiger partial charge is 0.115 e. The van der Waals surface area contributed by atoms with E-state index in [-0.39, 0.29) is 6.04 Å². The zero-order valence-corrected chi connectivity index (χ0v) is 12.8. The summed E-state index contributed by atoms with van der Waals surface area (Å²) in [5, 5.41) is 23.6. The third-order valence-electron chi connectivity index (χ3n) is 4.02. The molecule has 3 nitrogen and oxygen atoms in total. The molecular weight excluding hydrogens is 250 g/mol. The van der Waals surface area contributed by atoms with Gasteiger partial charge in [0.15, 0.2) is 0 Å². The summed E-state index contributed by atoms with van der Waals surface area (Å²) in [6.07, 6.45) is 4.09. The van der Waals surface area contributed by atoms with Gasteiger partial charge in [-0.3, -0.25) is 0 Å². The highest BCUT2D eigenvalue weighted by Gasteiger charge is 2.26. The van der Waals surface area contributed by atoms with Crippen molar-refractivity contribution >= 4 is 0 Å². The van der Waals surface area contributed by atoms with Gasteiger partial charge in [0.1, 0.15) is 5.75 Å². The molecule has 0 radical (unpaired) electrons. The second kappa shape index (κ2) is 6.15. The van der Waals surface area contributed by atoms with Crippen molar-refractivity contribution in [1.82, 2.24) is 5.32 Å². The molecule has 2 unspecified atom stereocenters. The van der Waals surface area contributed by atoms with Gasteiger partial charge in [0.05, 0.1) is 5.60 Å². The first-order valence-electron chi connectivity index (χ1n) is 7.65. The minimum Gasteiger partial charge on any atom is -0.508 e. The Hall–Kier alpha value is -1.06. The zero-order chi connectivity index (χ0) is 14.8. The average Bonchev–Trinajstić information content (AvgIpc) is 2.35. The molecule has 1 aromatic rings. The van der Waals surface area contributed by atoms with Crippen LogP contribution in [0.5, 0.6) is 5.75 Å². The Kier molecular flexibility index (Phi) is 4.71. The summed E-state index contributed by atoms with van der Waals surface area (Å²) in [7, 11) is 0. The molecule has 2 rings (SSSR count). The standard InChI is InChI=1S/C17H27NO2/c1-12(2)10-17(3,20)11-18-16-6-4-5-13-7-8-14(19)9-15(13)16/h7-9,12,16,18-20H,4-6,10-11H2,1-3H3. The zero-order valence-electron chi connectivity index (χ0n) is 12.8. The van der Waals surface area contributed by atoms with Crippen LogP contribution in [0, 0.1) is 5.92 Å². The van der Waals surface area contributed by atoms with Crippen LogP contribution < -0.4 is 5.32 Å². The molecule has 3 N–H and O–H groups in total. The van der Waals surface area contributed by atoms with E-state index in [1.807, 2.05) is 19.1 Å². The highest BCUT2D eigenvalue weighted by Crippen LogP contribution is 2.32. The lowest BCUT2D eigenvalue weighted by atomic mass is 9.86. The predicted octanol–water partition coefficient (Wildman–Crippen LogP) is 3.16. The van der Waals surface area contributed by atoms with E-state index in [9.17, 15) is 10.2 Å². The van der Waals surface area contributed by atoms with Crippen LogP contribution in [0.15, 0.2) is 18.2 Å². The third kappa shape index (κ3) is 3.97. The molecule has 0 spiro atoms. The maximum absolute atomic E-state index is 10.4. The van der Waals surface area contributed by atoms with E-state index >= 15 is 0 Å². The molecular formula is C17H27NO2. The van der Waals surface area contributed by atoms with E-state index in [2.05, 4.69) is 19.2 Å². The molecule has 1 aliphatic carbocycles. The molecule has 3 heteroatoms. The first kappa shape index (κ1) is 15.3. The van der Waals surface area contributed by atoms with Crippen molar-refractivity contribution in [3.63, 3.8) is 0 Å². The minimum atomic E-state index is -0.678. The average molecular weight is 277 g/mol. The normalized spacial score (nSPS) is 21.6. The molecule has 112 valence electrons. The largest absolute Gasteiger partial charge is 0.508 e. The first-order chi connectivity index (χ1) is 9.37. The van der Waals surface area contributed by atoms with Gasteiger partial charge in [-0.25, -0.2) is 0 Å². The van der Waals surface area contributed by atoms with Crippen molar-refractivity contribution < 1.29 is 10.2 Å². The second-order valence-electron chi connectivity index (χ2n) is 6.80. The van der Waals surface area contributed by atoms with Gasteiger partial charge in [0.25, 0.3) is 0 Å². The number of hydrogen-bond acceptors (Lipinski definition) is 3. The summed E-state index contributed by atoms with van der Waals surface area (Å²) in [6.45, 7) is 6.74. The van der Waals surface area contributed by atoms with Crippen LogP contribution in [0.4, 0.5) is 0 Å². The number of fused-ring (bicyclic) bond motifs is 1. The van der Waals surface area contributed by atoms with Crippen molar-refractivity contribution in [2.24, 2.45) is 5.92 Å². The van der Waals surface area contributed by atoms with E-state index in [4.69, 9.17) is 0 Å². The number of aliphatic hydroxyl groups is 1. The molecule has 0 heterocycles. The fourth-order valence-electron chi connectivity index (χ4n) is 3.29. The quantitative estimate of drug-likeness (QED) is 0.775. The lowest BCUT2D eigenvalue weighted by molar-refractivity contribution is 0.0353. The van der Waals surface area contributed by atoms with Crippen LogP contribution in [-0.4, -0.2) is 22.4 Å². The Balaban J connectivity index is 2.03. The maximum Gasteiger partial charge on any atom is 0.115 e. The van der Waals surface area contributed by atoms with Crippen LogP contribution in [0.1, 0.15) is 57.2 Å². The van der Waals surface area contributed by atoms with Gasteiger partial charge < -0.3 is 15.5 Å². The molecule has 1 aliphatic rings. The van der Waals surface area contributed by atoms with Gasteiger partial charge in [0, 0.05) is 12.6 Å². The Bertz CT molecular complexity index is 454. The molecule has 0 saturated carbocycles. The number of nitrogens with one attached hydrogen (secondary N) is 1. The maximum atomic E-state index is 10.4. The molecule has 0 saturated heterocycles. The number of rotatable bonds is 5. The van der Waals surface area contributed by atoms with Crippen LogP contribution in [0.3, 0.4) is 0 Å². The SMILES string of the molecule is CC(C)CC(C)(O)CNC1CCCc2ccc(O)cc21. The van der Waals surface area contributed by atoms with E-state index in [0.29, 0.717) is 18.2 Å². The molecule has 0 amide bonds. The predicted molar refractivity (Wildman–Crippen MR) is 81.9 cm³/mol. The lowest BCUT2D eigenvalue weighted by Crippen LogP contribution is -2.41. The fourth-order valence-corrected chi connectivity index (χ4v) is 3.29. The summed E-state index contributed by atoms with van der Waals surface area (Å²) >= 11 is 0. The van der Waals surface area contributed by atoms with Crippen molar-refractivity contribution in [3.05, 3.63) is 29.3 Å². The Morgan fingerprint density at radius 3 is 2.85 bits per heavy atom. The molecule has 0 aliphatic heterocycles. The highest BCUT2D eigenvalue weighted by molar-refractivity contribution is 5.38. The van der Waals surface area contributed by atoms with E-state index in [1.54, 1.807) is 6.07 Å². The minimum absolute atomic E-state index is 0.240. The number of aromatic hydroxyl groups is 1. The third-order valence-corrected chi connectivity index (χ3v) is 4.02. The van der Waals surface area contributed by atoms with Crippen molar-refractivity contribution in [2.75, 3.05) is 6.54 Å². The summed E-state index contributed by atoms with van der Waals surface area (Å²) in [5.74, 6) is 0.806. The summed E-state index contributed by atoms with van der Waals surface area (Å²) in [5.41, 5.74) is 1.83. The van der Waals surface area contributed by atoms with E-state index in [1.165, 1.54) is 11.1 Å². The van der Waals surface area contributed by atoms with Gasteiger partial charge in [-0.1, -0.05) is 19.9 Å². The molecule has 20 heavy (non-hydrogen) atoms. The number of hydrogen-bond donors (Lipinski definition) is 3. The first-order valence-corrected chi connectivity index (χ1v) is 7.65. The Morgan fingerprint density at radius 1 is 1.40 bits per heavy atom. The van der Waals surface area contributed by atoms with Crippen LogP contribution >= 0.6 is 0 Å². The van der Waals surface area contributed by atoms with Crippen LogP contribution in [-0.2, 0) is 6.42 Å². The monoisotopic (exact) mass is 277 g/mol. The Labute approximate surface area is 122 Å². The number of phenols is 1. The second-order valence-corrected chi connectivity index (χ2v) is 6.80. The lowest BCUT2D eigenvalue weighted by Gasteiger charge is -2.31. The molecule has 0 aromatic heterocycles. The fraction of sp³-hybridized carbons (Fsp3) is 0.647. The summed E-state index contributed by atoms with van der Waals surface area (Å²) in [6, 6.07) is 5.88. The van der Waals surface area contributed by atoms with Crippen molar-refractivity contribution in [2.45, 2.75) is 58.1 Å². The highest BCUT2D eigenvalue weighted by atomic mass is 16.3. The van der Waals surface area contributed by atoms with Gasteiger partial charge in [-0.2, -0.15) is 0 Å². The molecule has 1 aromatic carbocycles. The van der Waals surface area contributed by atoms with Crippen LogP contribution in [0.25, 0.3) is 0 Å². The number of benzene rings is 1. The van der Waals surface area contributed by atoms with Crippen molar-refractivity contribution in [1.29, 1.82) is 0 Å². The molecule has 2 atom stereocenters. The summed E-state index contributed by atoms with van der Waals surface area (Å²) in [4.78, 5) is 0. The van der Waals surface area contributed by atoms with Gasteiger partial charge in [-0.05, 0) is 61.8 Å². The van der Waals surface area contributed by atoms with Gasteiger partial charge in [-0.15, -0.1) is 0 Å². The van der Waals surface area contributed by atoms with E-state index in [0.717, 1.165) is 25.7 Å².